The van der Waals surface area contributed by atoms with E-state index >= 15 is 0 Å². The number of rotatable bonds is 5. The van der Waals surface area contributed by atoms with Gasteiger partial charge in [0.2, 0.25) is 0 Å². The van der Waals surface area contributed by atoms with Crippen molar-refractivity contribution in [3.8, 4) is 0 Å². The van der Waals surface area contributed by atoms with Gasteiger partial charge < -0.3 is 11.1 Å². The molecule has 0 radical (unpaired) electrons. The van der Waals surface area contributed by atoms with Gasteiger partial charge in [0, 0.05) is 6.04 Å². The topological polar surface area (TPSA) is 38.0 Å². The van der Waals surface area contributed by atoms with Crippen molar-refractivity contribution in [1.29, 1.82) is 0 Å². The quantitative estimate of drug-likeness (QED) is 0.800. The van der Waals surface area contributed by atoms with Gasteiger partial charge in [0.1, 0.15) is 0 Å². The standard InChI is InChI=1S/C14H24N2/c1-5-12(9-16-4)14(15)13-7-6-10(2)8-11(13)3/h6-8,12,14,16H,5,9,15H2,1-4H3. The Balaban J connectivity index is 2.89. The zero-order valence-electron chi connectivity index (χ0n) is 10.9. The molecule has 0 spiro atoms. The van der Waals surface area contributed by atoms with Gasteiger partial charge in [-0.1, -0.05) is 37.1 Å². The Morgan fingerprint density at radius 2 is 2.00 bits per heavy atom. The highest BCUT2D eigenvalue weighted by Gasteiger charge is 2.18. The molecule has 0 amide bonds. The summed E-state index contributed by atoms with van der Waals surface area (Å²) in [5, 5.41) is 3.22. The summed E-state index contributed by atoms with van der Waals surface area (Å²) in [7, 11) is 1.98. The molecule has 2 unspecified atom stereocenters. The molecule has 2 heteroatoms. The molecule has 0 heterocycles. The van der Waals surface area contributed by atoms with Crippen molar-refractivity contribution in [2.45, 2.75) is 33.2 Å². The van der Waals surface area contributed by atoms with E-state index in [2.05, 4.69) is 44.3 Å². The maximum Gasteiger partial charge on any atom is 0.0338 e. The first-order valence-electron chi connectivity index (χ1n) is 6.07. The third-order valence-electron chi connectivity index (χ3n) is 3.28. The smallest absolute Gasteiger partial charge is 0.0338 e. The molecule has 2 atom stereocenters. The third kappa shape index (κ3) is 3.06. The largest absolute Gasteiger partial charge is 0.324 e. The lowest BCUT2D eigenvalue weighted by Gasteiger charge is -2.24. The van der Waals surface area contributed by atoms with Crippen molar-refractivity contribution < 1.29 is 0 Å². The van der Waals surface area contributed by atoms with Crippen molar-refractivity contribution in [2.75, 3.05) is 13.6 Å². The predicted molar refractivity (Wildman–Crippen MR) is 70.6 cm³/mol. The van der Waals surface area contributed by atoms with Crippen LogP contribution in [0.1, 0.15) is 36.1 Å². The minimum absolute atomic E-state index is 0.137. The van der Waals surface area contributed by atoms with E-state index in [-0.39, 0.29) is 6.04 Å². The van der Waals surface area contributed by atoms with Crippen molar-refractivity contribution in [2.24, 2.45) is 11.7 Å². The molecule has 90 valence electrons. The van der Waals surface area contributed by atoms with Crippen LogP contribution < -0.4 is 11.1 Å². The molecule has 0 saturated carbocycles. The SMILES string of the molecule is CCC(CNC)C(N)c1ccc(C)cc1C. The van der Waals surface area contributed by atoms with Crippen LogP contribution in [0.25, 0.3) is 0 Å². The molecule has 16 heavy (non-hydrogen) atoms. The van der Waals surface area contributed by atoms with E-state index in [4.69, 9.17) is 5.73 Å². The summed E-state index contributed by atoms with van der Waals surface area (Å²) in [6, 6.07) is 6.67. The van der Waals surface area contributed by atoms with E-state index in [0.29, 0.717) is 5.92 Å². The molecule has 1 rings (SSSR count). The zero-order chi connectivity index (χ0) is 12.1. The average Bonchev–Trinajstić information content (AvgIpc) is 2.25. The van der Waals surface area contributed by atoms with Crippen LogP contribution in [0.4, 0.5) is 0 Å². The van der Waals surface area contributed by atoms with Crippen molar-refractivity contribution in [3.05, 3.63) is 34.9 Å². The molecular formula is C14H24N2. The minimum atomic E-state index is 0.137. The Morgan fingerprint density at radius 3 is 2.50 bits per heavy atom. The Labute approximate surface area is 99.2 Å². The van der Waals surface area contributed by atoms with Gasteiger partial charge in [-0.3, -0.25) is 0 Å². The van der Waals surface area contributed by atoms with Gasteiger partial charge in [-0.25, -0.2) is 0 Å². The van der Waals surface area contributed by atoms with Crippen LogP contribution in [0, 0.1) is 19.8 Å². The average molecular weight is 220 g/mol. The number of hydrogen-bond acceptors (Lipinski definition) is 2. The van der Waals surface area contributed by atoms with E-state index in [1.54, 1.807) is 0 Å². The van der Waals surface area contributed by atoms with Crippen LogP contribution in [-0.2, 0) is 0 Å². The van der Waals surface area contributed by atoms with Gasteiger partial charge in [0.05, 0.1) is 0 Å². The van der Waals surface area contributed by atoms with Crippen LogP contribution in [0.5, 0.6) is 0 Å². The van der Waals surface area contributed by atoms with Gasteiger partial charge in [-0.15, -0.1) is 0 Å². The van der Waals surface area contributed by atoms with E-state index in [0.717, 1.165) is 13.0 Å². The molecule has 0 aliphatic rings. The molecule has 0 fully saturated rings. The summed E-state index contributed by atoms with van der Waals surface area (Å²) >= 11 is 0. The molecule has 0 bridgehead atoms. The fourth-order valence-electron chi connectivity index (χ4n) is 2.24. The number of aryl methyl sites for hydroxylation is 2. The third-order valence-corrected chi connectivity index (χ3v) is 3.28. The summed E-state index contributed by atoms with van der Waals surface area (Å²) < 4.78 is 0. The van der Waals surface area contributed by atoms with E-state index in [1.165, 1.54) is 16.7 Å². The van der Waals surface area contributed by atoms with Crippen LogP contribution >= 0.6 is 0 Å². The second-order valence-corrected chi connectivity index (χ2v) is 4.61. The normalized spacial score (nSPS) is 14.8. The molecule has 0 aliphatic carbocycles. The van der Waals surface area contributed by atoms with Gasteiger partial charge in [0.15, 0.2) is 0 Å². The molecule has 1 aromatic carbocycles. The van der Waals surface area contributed by atoms with E-state index in [9.17, 15) is 0 Å². The van der Waals surface area contributed by atoms with Crippen molar-refractivity contribution in [3.63, 3.8) is 0 Å². The van der Waals surface area contributed by atoms with E-state index < -0.39 is 0 Å². The molecule has 1 aromatic rings. The minimum Gasteiger partial charge on any atom is -0.324 e. The van der Waals surface area contributed by atoms with Gasteiger partial charge in [0.25, 0.3) is 0 Å². The molecule has 0 saturated heterocycles. The maximum absolute atomic E-state index is 6.35. The van der Waals surface area contributed by atoms with E-state index in [1.807, 2.05) is 7.05 Å². The second kappa shape index (κ2) is 6.02. The van der Waals surface area contributed by atoms with Crippen LogP contribution in [0.15, 0.2) is 18.2 Å². The first kappa shape index (κ1) is 13.2. The van der Waals surface area contributed by atoms with Gasteiger partial charge in [-0.2, -0.15) is 0 Å². The highest BCUT2D eigenvalue weighted by molar-refractivity contribution is 5.33. The van der Waals surface area contributed by atoms with Crippen molar-refractivity contribution in [1.82, 2.24) is 5.32 Å². The fourth-order valence-corrected chi connectivity index (χ4v) is 2.24. The molecule has 0 aliphatic heterocycles. The van der Waals surface area contributed by atoms with Crippen LogP contribution in [0.3, 0.4) is 0 Å². The van der Waals surface area contributed by atoms with Gasteiger partial charge in [-0.05, 0) is 44.5 Å². The first-order valence-corrected chi connectivity index (χ1v) is 6.07. The molecule has 3 N–H and O–H groups in total. The number of nitrogens with two attached hydrogens (primary N) is 1. The number of nitrogens with one attached hydrogen (secondary N) is 1. The lowest BCUT2D eigenvalue weighted by atomic mass is 9.88. The maximum atomic E-state index is 6.35. The second-order valence-electron chi connectivity index (χ2n) is 4.61. The lowest BCUT2D eigenvalue weighted by molar-refractivity contribution is 0.402. The van der Waals surface area contributed by atoms with Crippen LogP contribution in [0.2, 0.25) is 0 Å². The molecule has 2 nitrogen and oxygen atoms in total. The van der Waals surface area contributed by atoms with Crippen molar-refractivity contribution >= 4 is 0 Å². The van der Waals surface area contributed by atoms with Gasteiger partial charge >= 0.3 is 0 Å². The summed E-state index contributed by atoms with van der Waals surface area (Å²) in [6.07, 6.45) is 1.11. The molecular weight excluding hydrogens is 196 g/mol. The summed E-state index contributed by atoms with van der Waals surface area (Å²) in [6.45, 7) is 7.44. The summed E-state index contributed by atoms with van der Waals surface area (Å²) in [5.41, 5.74) is 10.2. The highest BCUT2D eigenvalue weighted by atomic mass is 14.8. The number of benzene rings is 1. The Morgan fingerprint density at radius 1 is 1.31 bits per heavy atom. The Hall–Kier alpha value is -0.860. The number of hydrogen-bond donors (Lipinski definition) is 2. The predicted octanol–water partition coefficient (Wildman–Crippen LogP) is 2.55. The highest BCUT2D eigenvalue weighted by Crippen LogP contribution is 2.25. The Kier molecular flexibility index (Phi) is 4.97. The summed E-state index contributed by atoms with van der Waals surface area (Å²) in [4.78, 5) is 0. The zero-order valence-corrected chi connectivity index (χ0v) is 10.9. The Bertz CT molecular complexity index is 334. The summed E-state index contributed by atoms with van der Waals surface area (Å²) in [5.74, 6) is 0.506. The first-order chi connectivity index (χ1) is 7.60. The lowest BCUT2D eigenvalue weighted by Crippen LogP contribution is -2.29. The fraction of sp³-hybridized carbons (Fsp3) is 0.571. The monoisotopic (exact) mass is 220 g/mol. The van der Waals surface area contributed by atoms with Crippen LogP contribution in [-0.4, -0.2) is 13.6 Å². The molecule has 0 aromatic heterocycles.